The highest BCUT2D eigenvalue weighted by Gasteiger charge is 2.37. The molecule has 3 heterocycles. The Bertz CT molecular complexity index is 1200. The second-order valence-corrected chi connectivity index (χ2v) is 10.3. The summed E-state index contributed by atoms with van der Waals surface area (Å²) >= 11 is 1.52. The summed E-state index contributed by atoms with van der Waals surface area (Å²) in [5.41, 5.74) is -1.85. The molecule has 0 atom stereocenters. The molecular formula is C24H24F6N3OS+. The first-order chi connectivity index (χ1) is 16.6. The maximum absolute atomic E-state index is 13.4. The van der Waals surface area contributed by atoms with Crippen LogP contribution >= 0.6 is 11.3 Å². The van der Waals surface area contributed by atoms with Crippen molar-refractivity contribution in [1.82, 2.24) is 9.97 Å². The molecule has 11 heteroatoms. The van der Waals surface area contributed by atoms with Crippen LogP contribution in [0.15, 0.2) is 18.2 Å². The molecule has 0 saturated carbocycles. The van der Waals surface area contributed by atoms with Crippen LogP contribution in [0, 0.1) is 0 Å². The van der Waals surface area contributed by atoms with Crippen molar-refractivity contribution in [2.75, 3.05) is 13.1 Å². The fraction of sp³-hybridized carbons (Fsp3) is 0.500. The van der Waals surface area contributed by atoms with E-state index in [9.17, 15) is 26.3 Å². The number of ether oxygens (including phenoxy) is 1. The highest BCUT2D eigenvalue weighted by Crippen LogP contribution is 2.43. The van der Waals surface area contributed by atoms with Gasteiger partial charge in [0.05, 0.1) is 29.6 Å². The van der Waals surface area contributed by atoms with E-state index >= 15 is 0 Å². The predicted molar refractivity (Wildman–Crippen MR) is 119 cm³/mol. The van der Waals surface area contributed by atoms with Crippen molar-refractivity contribution in [3.63, 3.8) is 0 Å². The SMILES string of the molecule is FC(F)(F)c1cc(Oc2nc(C[NH+]3CCCCC3)nc3sc4c(c23)CCCC4)cc(C(F)(F)F)c1. The maximum atomic E-state index is 13.4. The smallest absolute Gasteiger partial charge is 0.416 e. The molecule has 2 aliphatic rings. The molecule has 1 saturated heterocycles. The lowest BCUT2D eigenvalue weighted by Crippen LogP contribution is -3.11. The van der Waals surface area contributed by atoms with Gasteiger partial charge in [-0.1, -0.05) is 0 Å². The Morgan fingerprint density at radius 2 is 1.49 bits per heavy atom. The lowest BCUT2D eigenvalue weighted by atomic mass is 9.97. The molecule has 1 N–H and O–H groups in total. The molecule has 0 bridgehead atoms. The number of fused-ring (bicyclic) bond motifs is 3. The van der Waals surface area contributed by atoms with Gasteiger partial charge in [-0.05, 0) is 68.7 Å². The van der Waals surface area contributed by atoms with Crippen LogP contribution in [0.5, 0.6) is 11.6 Å². The lowest BCUT2D eigenvalue weighted by molar-refractivity contribution is -0.919. The number of likely N-dealkylation sites (tertiary alicyclic amines) is 1. The Labute approximate surface area is 201 Å². The van der Waals surface area contributed by atoms with Gasteiger partial charge in [0.1, 0.15) is 17.1 Å². The third-order valence-electron chi connectivity index (χ3n) is 6.57. The average Bonchev–Trinajstić information content (AvgIpc) is 3.17. The third-order valence-corrected chi connectivity index (χ3v) is 7.76. The quantitative estimate of drug-likeness (QED) is 0.435. The number of quaternary nitrogens is 1. The number of nitrogens with one attached hydrogen (secondary N) is 1. The lowest BCUT2D eigenvalue weighted by Gasteiger charge is -2.23. The monoisotopic (exact) mass is 516 g/mol. The predicted octanol–water partition coefficient (Wildman–Crippen LogP) is 5.97. The summed E-state index contributed by atoms with van der Waals surface area (Å²) in [6.45, 7) is 2.48. The Balaban J connectivity index is 1.60. The van der Waals surface area contributed by atoms with E-state index in [1.54, 1.807) is 0 Å². The summed E-state index contributed by atoms with van der Waals surface area (Å²) in [5, 5.41) is 0.605. The first-order valence-electron chi connectivity index (χ1n) is 11.7. The van der Waals surface area contributed by atoms with Crippen molar-refractivity contribution >= 4 is 21.6 Å². The van der Waals surface area contributed by atoms with Gasteiger partial charge in [0.2, 0.25) is 5.88 Å². The van der Waals surface area contributed by atoms with Gasteiger partial charge in [0.25, 0.3) is 0 Å². The third kappa shape index (κ3) is 5.25. The number of alkyl halides is 6. The van der Waals surface area contributed by atoms with E-state index in [0.29, 0.717) is 34.7 Å². The minimum atomic E-state index is -4.95. The molecule has 0 unspecified atom stereocenters. The molecule has 4 nitrogen and oxygen atoms in total. The maximum Gasteiger partial charge on any atom is 0.416 e. The largest absolute Gasteiger partial charge is 0.438 e. The van der Waals surface area contributed by atoms with Gasteiger partial charge in [0, 0.05) is 4.88 Å². The van der Waals surface area contributed by atoms with Crippen LogP contribution in [0.4, 0.5) is 26.3 Å². The van der Waals surface area contributed by atoms with Crippen molar-refractivity contribution in [2.24, 2.45) is 0 Å². The summed E-state index contributed by atoms with van der Waals surface area (Å²) in [6, 6.07) is 1.29. The minimum absolute atomic E-state index is 0.0354. The summed E-state index contributed by atoms with van der Waals surface area (Å²) < 4.78 is 86.0. The molecule has 35 heavy (non-hydrogen) atoms. The zero-order chi connectivity index (χ0) is 24.8. The molecule has 0 radical (unpaired) electrons. The molecule has 1 aliphatic carbocycles. The average molecular weight is 517 g/mol. The fourth-order valence-electron chi connectivity index (χ4n) is 4.87. The van der Waals surface area contributed by atoms with Gasteiger partial charge >= 0.3 is 12.4 Å². The number of hydrogen-bond donors (Lipinski definition) is 1. The number of aromatic nitrogens is 2. The van der Waals surface area contributed by atoms with Crippen LogP contribution in [0.3, 0.4) is 0 Å². The van der Waals surface area contributed by atoms with Crippen LogP contribution in [-0.2, 0) is 31.7 Å². The number of nitrogens with zero attached hydrogens (tertiary/aromatic N) is 2. The van der Waals surface area contributed by atoms with E-state index in [1.165, 1.54) is 22.7 Å². The van der Waals surface area contributed by atoms with E-state index in [2.05, 4.69) is 4.98 Å². The number of piperidine rings is 1. The Hall–Kier alpha value is -2.40. The van der Waals surface area contributed by atoms with E-state index in [1.807, 2.05) is 0 Å². The van der Waals surface area contributed by atoms with Gasteiger partial charge in [-0.2, -0.15) is 31.3 Å². The van der Waals surface area contributed by atoms with Crippen molar-refractivity contribution in [2.45, 2.75) is 63.8 Å². The Kier molecular flexibility index (Phi) is 6.41. The summed E-state index contributed by atoms with van der Waals surface area (Å²) in [6.07, 6.45) is -2.96. The number of halogens is 6. The van der Waals surface area contributed by atoms with Gasteiger partial charge in [-0.25, -0.2) is 4.98 Å². The number of thiophene rings is 1. The fourth-order valence-corrected chi connectivity index (χ4v) is 6.14. The normalized spacial score (nSPS) is 17.5. The molecular weight excluding hydrogens is 492 g/mol. The topological polar surface area (TPSA) is 39.5 Å². The van der Waals surface area contributed by atoms with Gasteiger partial charge in [0.15, 0.2) is 5.82 Å². The van der Waals surface area contributed by atoms with Crippen molar-refractivity contribution in [3.05, 3.63) is 45.6 Å². The van der Waals surface area contributed by atoms with Gasteiger partial charge in [-0.15, -0.1) is 11.3 Å². The first kappa shape index (κ1) is 24.3. The summed E-state index contributed by atoms with van der Waals surface area (Å²) in [7, 11) is 0. The second kappa shape index (κ2) is 9.24. The Morgan fingerprint density at radius 1 is 0.829 bits per heavy atom. The summed E-state index contributed by atoms with van der Waals surface area (Å²) in [5.74, 6) is -0.0153. The molecule has 188 valence electrons. The van der Waals surface area contributed by atoms with E-state index in [4.69, 9.17) is 9.72 Å². The first-order valence-corrected chi connectivity index (χ1v) is 12.5. The molecule has 3 aromatic rings. The molecule has 2 aromatic heterocycles. The van der Waals surface area contributed by atoms with Crippen molar-refractivity contribution in [1.29, 1.82) is 0 Å². The zero-order valence-electron chi connectivity index (χ0n) is 18.8. The molecule has 1 aromatic carbocycles. The summed E-state index contributed by atoms with van der Waals surface area (Å²) in [4.78, 5) is 12.4. The molecule has 5 rings (SSSR count). The zero-order valence-corrected chi connectivity index (χ0v) is 19.6. The van der Waals surface area contributed by atoms with Crippen LogP contribution < -0.4 is 9.64 Å². The molecule has 0 spiro atoms. The number of benzene rings is 1. The number of rotatable bonds is 4. The van der Waals surface area contributed by atoms with Crippen LogP contribution in [0.2, 0.25) is 0 Å². The second-order valence-electron chi connectivity index (χ2n) is 9.17. The van der Waals surface area contributed by atoms with E-state index < -0.39 is 29.2 Å². The highest BCUT2D eigenvalue weighted by molar-refractivity contribution is 7.18. The van der Waals surface area contributed by atoms with Crippen molar-refractivity contribution in [3.8, 4) is 11.6 Å². The molecule has 1 fully saturated rings. The Morgan fingerprint density at radius 3 is 2.14 bits per heavy atom. The van der Waals surface area contributed by atoms with Crippen molar-refractivity contribution < 1.29 is 36.0 Å². The van der Waals surface area contributed by atoms with Crippen LogP contribution in [0.25, 0.3) is 10.2 Å². The minimum Gasteiger partial charge on any atom is -0.438 e. The molecule has 0 amide bonds. The number of aryl methyl sites for hydroxylation is 2. The van der Waals surface area contributed by atoms with Crippen LogP contribution in [0.1, 0.15) is 59.5 Å². The van der Waals surface area contributed by atoms with Gasteiger partial charge < -0.3 is 9.64 Å². The number of hydrogen-bond acceptors (Lipinski definition) is 4. The van der Waals surface area contributed by atoms with E-state index in [0.717, 1.165) is 62.1 Å². The van der Waals surface area contributed by atoms with Crippen LogP contribution in [-0.4, -0.2) is 23.1 Å². The standard InChI is InChI=1S/C24H23F6N3OS/c25-23(26,27)14-10-15(24(28,29)30)12-16(11-14)34-21-20-17-6-2-3-7-18(17)35-22(20)32-19(31-21)13-33-8-4-1-5-9-33/h10-12H,1-9,13H2/p+1. The van der Waals surface area contributed by atoms with E-state index in [-0.39, 0.29) is 11.9 Å². The molecule has 1 aliphatic heterocycles. The van der Waals surface area contributed by atoms with Gasteiger partial charge in [-0.3, -0.25) is 0 Å². The highest BCUT2D eigenvalue weighted by atomic mass is 32.1.